The average molecular weight is 293 g/mol. The fraction of sp³-hybridized carbons (Fsp3) is 0.667. The van der Waals surface area contributed by atoms with Crippen molar-refractivity contribution in [1.29, 1.82) is 0 Å². The molecule has 3 atom stereocenters. The Morgan fingerprint density at radius 1 is 1.33 bits per heavy atom. The van der Waals surface area contributed by atoms with E-state index in [4.69, 9.17) is 4.74 Å². The first-order chi connectivity index (χ1) is 10.2. The number of benzene rings is 1. The van der Waals surface area contributed by atoms with Crippen molar-refractivity contribution in [2.75, 3.05) is 20.2 Å². The molecule has 3 unspecified atom stereocenters. The number of hydrogen-bond donors (Lipinski definition) is 1. The van der Waals surface area contributed by atoms with E-state index in [1.807, 2.05) is 6.07 Å². The second-order valence-corrected chi connectivity index (χ2v) is 6.38. The molecule has 21 heavy (non-hydrogen) atoms. The number of rotatable bonds is 6. The first kappa shape index (κ1) is 16.3. The lowest BCUT2D eigenvalue weighted by atomic mass is 9.71. The fourth-order valence-corrected chi connectivity index (χ4v) is 3.47. The Bertz CT molecular complexity index is 449. The molecule has 1 aliphatic carbocycles. The Morgan fingerprint density at radius 2 is 2.14 bits per heavy atom. The molecular formula is C18H28FNO. The summed E-state index contributed by atoms with van der Waals surface area (Å²) in [4.78, 5) is 0. The SMILES string of the molecule is CCCNCC1CCC(C)CC1c1ccc(OC)c(F)c1. The van der Waals surface area contributed by atoms with E-state index in [2.05, 4.69) is 19.2 Å². The standard InChI is InChI=1S/C18H28FNO/c1-4-9-20-12-15-6-5-13(2)10-16(15)14-7-8-18(21-3)17(19)11-14/h7-8,11,13,15-16,20H,4-6,9-10,12H2,1-3H3. The highest BCUT2D eigenvalue weighted by molar-refractivity contribution is 5.32. The zero-order chi connectivity index (χ0) is 15.2. The summed E-state index contributed by atoms with van der Waals surface area (Å²) < 4.78 is 19.0. The summed E-state index contributed by atoms with van der Waals surface area (Å²) in [5.41, 5.74) is 1.13. The van der Waals surface area contributed by atoms with E-state index in [0.29, 0.717) is 17.6 Å². The molecule has 0 saturated heterocycles. The van der Waals surface area contributed by atoms with Gasteiger partial charge in [0.25, 0.3) is 0 Å². The summed E-state index contributed by atoms with van der Waals surface area (Å²) in [5.74, 6) is 1.89. The van der Waals surface area contributed by atoms with Gasteiger partial charge in [-0.3, -0.25) is 0 Å². The van der Waals surface area contributed by atoms with Crippen LogP contribution in [0.4, 0.5) is 4.39 Å². The van der Waals surface area contributed by atoms with Crippen LogP contribution in [0, 0.1) is 17.7 Å². The van der Waals surface area contributed by atoms with Crippen LogP contribution in [0.25, 0.3) is 0 Å². The van der Waals surface area contributed by atoms with Crippen LogP contribution in [0.2, 0.25) is 0 Å². The van der Waals surface area contributed by atoms with Gasteiger partial charge in [-0.05, 0) is 67.8 Å². The van der Waals surface area contributed by atoms with Crippen LogP contribution in [0.5, 0.6) is 5.75 Å². The van der Waals surface area contributed by atoms with Gasteiger partial charge in [-0.2, -0.15) is 0 Å². The molecule has 1 N–H and O–H groups in total. The zero-order valence-electron chi connectivity index (χ0n) is 13.5. The lowest BCUT2D eigenvalue weighted by Crippen LogP contribution is -2.32. The smallest absolute Gasteiger partial charge is 0.165 e. The Morgan fingerprint density at radius 3 is 2.81 bits per heavy atom. The van der Waals surface area contributed by atoms with Crippen molar-refractivity contribution in [1.82, 2.24) is 5.32 Å². The maximum Gasteiger partial charge on any atom is 0.165 e. The third-order valence-electron chi connectivity index (χ3n) is 4.69. The summed E-state index contributed by atoms with van der Waals surface area (Å²) >= 11 is 0. The molecule has 1 aromatic rings. The highest BCUT2D eigenvalue weighted by Crippen LogP contribution is 2.41. The second-order valence-electron chi connectivity index (χ2n) is 6.38. The predicted molar refractivity (Wildman–Crippen MR) is 85.4 cm³/mol. The van der Waals surface area contributed by atoms with Crippen molar-refractivity contribution in [3.05, 3.63) is 29.6 Å². The number of ether oxygens (including phenoxy) is 1. The van der Waals surface area contributed by atoms with Crippen molar-refractivity contribution < 1.29 is 9.13 Å². The maximum atomic E-state index is 14.0. The zero-order valence-corrected chi connectivity index (χ0v) is 13.5. The molecule has 0 radical (unpaired) electrons. The fourth-order valence-electron chi connectivity index (χ4n) is 3.47. The van der Waals surface area contributed by atoms with Crippen molar-refractivity contribution in [3.63, 3.8) is 0 Å². The molecule has 1 aromatic carbocycles. The number of methoxy groups -OCH3 is 1. The average Bonchev–Trinajstić information content (AvgIpc) is 2.49. The van der Waals surface area contributed by atoms with Crippen LogP contribution >= 0.6 is 0 Å². The lowest BCUT2D eigenvalue weighted by molar-refractivity contribution is 0.241. The van der Waals surface area contributed by atoms with Gasteiger partial charge in [-0.15, -0.1) is 0 Å². The van der Waals surface area contributed by atoms with Crippen molar-refractivity contribution in [3.8, 4) is 5.75 Å². The van der Waals surface area contributed by atoms with E-state index in [9.17, 15) is 4.39 Å². The minimum Gasteiger partial charge on any atom is -0.494 e. The third kappa shape index (κ3) is 4.19. The molecule has 1 saturated carbocycles. The van der Waals surface area contributed by atoms with Gasteiger partial charge in [0.15, 0.2) is 11.6 Å². The molecule has 2 nitrogen and oxygen atoms in total. The first-order valence-electron chi connectivity index (χ1n) is 8.19. The van der Waals surface area contributed by atoms with Crippen LogP contribution in [-0.4, -0.2) is 20.2 Å². The number of nitrogens with one attached hydrogen (secondary N) is 1. The van der Waals surface area contributed by atoms with Gasteiger partial charge in [0.05, 0.1) is 7.11 Å². The van der Waals surface area contributed by atoms with Crippen LogP contribution in [0.1, 0.15) is 51.0 Å². The molecule has 0 heterocycles. The van der Waals surface area contributed by atoms with Gasteiger partial charge in [0.2, 0.25) is 0 Å². The van der Waals surface area contributed by atoms with E-state index in [-0.39, 0.29) is 5.82 Å². The summed E-state index contributed by atoms with van der Waals surface area (Å²) in [5, 5.41) is 3.54. The van der Waals surface area contributed by atoms with Crippen LogP contribution < -0.4 is 10.1 Å². The monoisotopic (exact) mass is 293 g/mol. The highest BCUT2D eigenvalue weighted by atomic mass is 19.1. The third-order valence-corrected chi connectivity index (χ3v) is 4.69. The summed E-state index contributed by atoms with van der Waals surface area (Å²) in [6.07, 6.45) is 4.83. The Balaban J connectivity index is 2.13. The minimum atomic E-state index is -0.242. The van der Waals surface area contributed by atoms with Gasteiger partial charge in [-0.25, -0.2) is 4.39 Å². The Labute approximate surface area is 128 Å². The van der Waals surface area contributed by atoms with E-state index >= 15 is 0 Å². The summed E-state index contributed by atoms with van der Waals surface area (Å²) in [6.45, 7) is 6.60. The minimum absolute atomic E-state index is 0.242. The molecule has 0 aliphatic heterocycles. The number of hydrogen-bond acceptors (Lipinski definition) is 2. The van der Waals surface area contributed by atoms with Gasteiger partial charge in [0, 0.05) is 0 Å². The highest BCUT2D eigenvalue weighted by Gasteiger charge is 2.30. The Kier molecular flexibility index (Phi) is 6.04. The molecule has 0 aromatic heterocycles. The van der Waals surface area contributed by atoms with Gasteiger partial charge in [0.1, 0.15) is 0 Å². The molecule has 0 amide bonds. The molecule has 0 bridgehead atoms. The first-order valence-corrected chi connectivity index (χ1v) is 8.19. The van der Waals surface area contributed by atoms with Crippen LogP contribution in [0.3, 0.4) is 0 Å². The topological polar surface area (TPSA) is 21.3 Å². The molecular weight excluding hydrogens is 265 g/mol. The molecule has 2 rings (SSSR count). The van der Waals surface area contributed by atoms with Crippen LogP contribution in [-0.2, 0) is 0 Å². The maximum absolute atomic E-state index is 14.0. The predicted octanol–water partition coefficient (Wildman–Crippen LogP) is 4.35. The largest absolute Gasteiger partial charge is 0.494 e. The molecule has 1 aliphatic rings. The Hall–Kier alpha value is -1.09. The molecule has 3 heteroatoms. The van der Waals surface area contributed by atoms with E-state index < -0.39 is 0 Å². The van der Waals surface area contributed by atoms with Gasteiger partial charge in [-0.1, -0.05) is 26.3 Å². The van der Waals surface area contributed by atoms with Crippen molar-refractivity contribution >= 4 is 0 Å². The molecule has 0 spiro atoms. The quantitative estimate of drug-likeness (QED) is 0.787. The van der Waals surface area contributed by atoms with Gasteiger partial charge < -0.3 is 10.1 Å². The molecule has 1 fully saturated rings. The summed E-state index contributed by atoms with van der Waals surface area (Å²) in [6, 6.07) is 5.48. The van der Waals surface area contributed by atoms with Gasteiger partial charge >= 0.3 is 0 Å². The molecule has 118 valence electrons. The van der Waals surface area contributed by atoms with Crippen LogP contribution in [0.15, 0.2) is 18.2 Å². The van der Waals surface area contributed by atoms with Crippen molar-refractivity contribution in [2.45, 2.75) is 45.4 Å². The summed E-state index contributed by atoms with van der Waals surface area (Å²) in [7, 11) is 1.51. The van der Waals surface area contributed by atoms with Crippen molar-refractivity contribution in [2.24, 2.45) is 11.8 Å². The second kappa shape index (κ2) is 7.79. The number of halogens is 1. The van der Waals surface area contributed by atoms with E-state index in [1.54, 1.807) is 12.1 Å². The lowest BCUT2D eigenvalue weighted by Gasteiger charge is -2.35. The van der Waals surface area contributed by atoms with E-state index in [1.165, 1.54) is 20.0 Å². The normalized spacial score (nSPS) is 25.8. The van der Waals surface area contributed by atoms with E-state index in [0.717, 1.165) is 37.4 Å².